The number of aromatic nitrogens is 1. The topological polar surface area (TPSA) is 69.7 Å². The molecule has 2 aromatic carbocycles. The Hall–Kier alpha value is -3.54. The summed E-state index contributed by atoms with van der Waals surface area (Å²) in [6.07, 6.45) is 1.59. The van der Waals surface area contributed by atoms with Crippen molar-refractivity contribution in [2.24, 2.45) is 0 Å². The Kier molecular flexibility index (Phi) is 5.00. The number of carbonyl (C=O) groups is 1. The van der Waals surface area contributed by atoms with Crippen LogP contribution in [0.5, 0.6) is 17.2 Å². The van der Waals surface area contributed by atoms with Crippen LogP contribution >= 0.6 is 0 Å². The lowest BCUT2D eigenvalue weighted by atomic mass is 9.94. The molecular weight excluding hydrogens is 404 g/mol. The van der Waals surface area contributed by atoms with Crippen LogP contribution in [0.2, 0.25) is 0 Å². The summed E-state index contributed by atoms with van der Waals surface area (Å²) in [6, 6.07) is 17.5. The monoisotopic (exact) mass is 432 g/mol. The van der Waals surface area contributed by atoms with Crippen molar-refractivity contribution in [1.29, 1.82) is 0 Å². The van der Waals surface area contributed by atoms with E-state index in [-0.39, 0.29) is 14.1 Å². The summed E-state index contributed by atoms with van der Waals surface area (Å²) in [5.74, 6) is 3.03. The Morgan fingerprint density at radius 1 is 1.09 bits per heavy atom. The van der Waals surface area contributed by atoms with Crippen molar-refractivity contribution in [2.75, 3.05) is 19.2 Å². The fourth-order valence-electron chi connectivity index (χ4n) is 4.14. The molecule has 0 atom stereocenters. The standard InChI is InChI=1S/C26H26N2O4.H2/c1-16(2)17-7-9-21(30-3)19(13-17)20-5-4-6-24(27-20)28-25(29)26(11-12-26)18-8-10-22-23(14-18)32-15-31-22;/h4-10,13-14,16H,11-12,15H2,1-3H3,(H,27,28,29);1H. The van der Waals surface area contributed by atoms with Crippen LogP contribution in [0.3, 0.4) is 0 Å². The van der Waals surface area contributed by atoms with Gasteiger partial charge in [-0.25, -0.2) is 4.98 Å². The second-order valence-electron chi connectivity index (χ2n) is 8.63. The number of nitrogens with zero attached hydrogens (tertiary/aromatic N) is 1. The highest BCUT2D eigenvalue weighted by atomic mass is 16.7. The average Bonchev–Trinajstić information content (AvgIpc) is 3.49. The number of amides is 1. The van der Waals surface area contributed by atoms with E-state index in [0.29, 0.717) is 17.5 Å². The molecule has 1 amide bonds. The zero-order valence-corrected chi connectivity index (χ0v) is 18.5. The summed E-state index contributed by atoms with van der Waals surface area (Å²) >= 11 is 0. The van der Waals surface area contributed by atoms with Crippen LogP contribution in [0.4, 0.5) is 5.82 Å². The maximum Gasteiger partial charge on any atom is 0.236 e. The van der Waals surface area contributed by atoms with E-state index < -0.39 is 5.41 Å². The molecule has 2 aliphatic rings. The number of methoxy groups -OCH3 is 1. The highest BCUT2D eigenvalue weighted by molar-refractivity contribution is 6.01. The van der Waals surface area contributed by atoms with Crippen molar-refractivity contribution in [2.45, 2.75) is 38.0 Å². The lowest BCUT2D eigenvalue weighted by Crippen LogP contribution is -2.28. The molecule has 0 bridgehead atoms. The van der Waals surface area contributed by atoms with Crippen LogP contribution in [0.1, 0.15) is 45.2 Å². The van der Waals surface area contributed by atoms with Gasteiger partial charge in [-0.3, -0.25) is 4.79 Å². The van der Waals surface area contributed by atoms with Crippen molar-refractivity contribution >= 4 is 11.7 Å². The minimum atomic E-state index is -0.548. The van der Waals surface area contributed by atoms with Crippen molar-refractivity contribution < 1.29 is 20.4 Å². The molecule has 1 aliphatic carbocycles. The number of ether oxygens (including phenoxy) is 3. The van der Waals surface area contributed by atoms with Gasteiger partial charge in [0.1, 0.15) is 11.6 Å². The van der Waals surface area contributed by atoms with Gasteiger partial charge in [0.25, 0.3) is 0 Å². The van der Waals surface area contributed by atoms with Gasteiger partial charge in [0.2, 0.25) is 12.7 Å². The fourth-order valence-corrected chi connectivity index (χ4v) is 4.14. The molecule has 5 rings (SSSR count). The molecule has 1 N–H and O–H groups in total. The van der Waals surface area contributed by atoms with E-state index in [9.17, 15) is 4.79 Å². The zero-order chi connectivity index (χ0) is 22.3. The highest BCUT2D eigenvalue weighted by Gasteiger charge is 2.51. The van der Waals surface area contributed by atoms with Gasteiger partial charge in [-0.15, -0.1) is 0 Å². The van der Waals surface area contributed by atoms with Crippen LogP contribution in [0.15, 0.2) is 54.6 Å². The predicted molar refractivity (Wildman–Crippen MR) is 125 cm³/mol. The van der Waals surface area contributed by atoms with Crippen LogP contribution in [0, 0.1) is 0 Å². The fraction of sp³-hybridized carbons (Fsp3) is 0.308. The zero-order valence-electron chi connectivity index (χ0n) is 18.5. The number of hydrogen-bond acceptors (Lipinski definition) is 5. The molecule has 166 valence electrons. The Balaban J connectivity index is 0.00000259. The average molecular weight is 433 g/mol. The van der Waals surface area contributed by atoms with E-state index in [4.69, 9.17) is 19.2 Å². The number of rotatable bonds is 6. The number of pyridine rings is 1. The van der Waals surface area contributed by atoms with E-state index in [2.05, 4.69) is 31.3 Å². The Morgan fingerprint density at radius 3 is 2.66 bits per heavy atom. The van der Waals surface area contributed by atoms with Gasteiger partial charge in [0.15, 0.2) is 11.5 Å². The first-order valence-electron chi connectivity index (χ1n) is 10.9. The van der Waals surface area contributed by atoms with Crippen molar-refractivity contribution in [3.05, 3.63) is 65.7 Å². The Labute approximate surface area is 189 Å². The molecule has 6 heteroatoms. The Morgan fingerprint density at radius 2 is 1.91 bits per heavy atom. The summed E-state index contributed by atoms with van der Waals surface area (Å²) < 4.78 is 16.5. The summed E-state index contributed by atoms with van der Waals surface area (Å²) in [5.41, 5.74) is 3.27. The molecule has 1 aromatic heterocycles. The molecule has 3 aromatic rings. The molecule has 0 radical (unpaired) electrons. The normalized spacial score (nSPS) is 15.5. The third-order valence-electron chi connectivity index (χ3n) is 6.27. The molecule has 32 heavy (non-hydrogen) atoms. The maximum absolute atomic E-state index is 13.3. The number of benzene rings is 2. The van der Waals surface area contributed by atoms with E-state index >= 15 is 0 Å². The van der Waals surface area contributed by atoms with Crippen molar-refractivity contribution in [3.8, 4) is 28.5 Å². The summed E-state index contributed by atoms with van der Waals surface area (Å²) in [6.45, 7) is 4.53. The van der Waals surface area contributed by atoms with Gasteiger partial charge in [-0.1, -0.05) is 32.0 Å². The molecule has 6 nitrogen and oxygen atoms in total. The lowest BCUT2D eigenvalue weighted by Gasteiger charge is -2.17. The molecule has 2 heterocycles. The summed E-state index contributed by atoms with van der Waals surface area (Å²) in [7, 11) is 1.65. The minimum Gasteiger partial charge on any atom is -0.496 e. The second kappa shape index (κ2) is 7.86. The van der Waals surface area contributed by atoms with E-state index in [1.54, 1.807) is 7.11 Å². The molecule has 1 fully saturated rings. The van der Waals surface area contributed by atoms with Crippen LogP contribution in [-0.2, 0) is 10.2 Å². The van der Waals surface area contributed by atoms with Gasteiger partial charge in [-0.05, 0) is 66.3 Å². The lowest BCUT2D eigenvalue weighted by molar-refractivity contribution is -0.118. The van der Waals surface area contributed by atoms with Gasteiger partial charge in [-0.2, -0.15) is 0 Å². The molecule has 0 unspecified atom stereocenters. The smallest absolute Gasteiger partial charge is 0.236 e. The second-order valence-corrected chi connectivity index (χ2v) is 8.63. The maximum atomic E-state index is 13.3. The van der Waals surface area contributed by atoms with Crippen molar-refractivity contribution in [3.63, 3.8) is 0 Å². The quantitative estimate of drug-likeness (QED) is 0.555. The van der Waals surface area contributed by atoms with Gasteiger partial charge in [0.05, 0.1) is 18.2 Å². The Bertz CT molecular complexity index is 1190. The van der Waals surface area contributed by atoms with Gasteiger partial charge in [0, 0.05) is 6.99 Å². The molecule has 0 saturated heterocycles. The number of carbonyl (C=O) groups excluding carboxylic acids is 1. The van der Waals surface area contributed by atoms with E-state index in [1.807, 2.05) is 42.5 Å². The number of anilines is 1. The van der Waals surface area contributed by atoms with Crippen LogP contribution in [0.25, 0.3) is 11.3 Å². The van der Waals surface area contributed by atoms with E-state index in [0.717, 1.165) is 41.2 Å². The molecular formula is C26H28N2O4. The first-order valence-corrected chi connectivity index (χ1v) is 10.9. The van der Waals surface area contributed by atoms with Gasteiger partial charge >= 0.3 is 0 Å². The number of nitrogens with one attached hydrogen (secondary N) is 1. The first-order chi connectivity index (χ1) is 15.5. The largest absolute Gasteiger partial charge is 0.496 e. The van der Waals surface area contributed by atoms with E-state index in [1.165, 1.54) is 5.56 Å². The first kappa shape index (κ1) is 20.4. The number of fused-ring (bicyclic) bond motifs is 1. The summed E-state index contributed by atoms with van der Waals surface area (Å²) in [4.78, 5) is 18.0. The number of hydrogen-bond donors (Lipinski definition) is 1. The van der Waals surface area contributed by atoms with Crippen LogP contribution < -0.4 is 19.5 Å². The third-order valence-corrected chi connectivity index (χ3v) is 6.27. The molecule has 1 saturated carbocycles. The van der Waals surface area contributed by atoms with Gasteiger partial charge < -0.3 is 19.5 Å². The predicted octanol–water partition coefficient (Wildman–Crippen LogP) is 5.53. The highest BCUT2D eigenvalue weighted by Crippen LogP contribution is 2.51. The summed E-state index contributed by atoms with van der Waals surface area (Å²) in [5, 5.41) is 3.03. The third kappa shape index (κ3) is 3.55. The molecule has 0 spiro atoms. The minimum absolute atomic E-state index is 0. The van der Waals surface area contributed by atoms with Crippen molar-refractivity contribution in [1.82, 2.24) is 4.98 Å². The molecule has 1 aliphatic heterocycles. The SMILES string of the molecule is COc1ccc(C(C)C)cc1-c1cccc(NC(=O)C2(c3ccc4c(c3)OCO4)CC2)n1.[HH]. The van der Waals surface area contributed by atoms with Crippen LogP contribution in [-0.4, -0.2) is 24.8 Å².